The van der Waals surface area contributed by atoms with E-state index < -0.39 is 29.5 Å². The Morgan fingerprint density at radius 2 is 1.63 bits per heavy atom. The standard InChI is InChI=1S/C48H56O9/c1-5-6-8-16-40(35-15-11-14-33(21-35)30-49)47(53)57-39-22-37(34-17-18-42(51)45(25-34)54-3)28-48(20-19-32-12-9-7-10-13-32)29-38-24-43(52)46(55-4)26-36(38)23-41(48)44(27-39)56-31(2)50/h7,9-15,17-21,24-26,37,39-41,44,49,51-52H,5-6,8,16,22-23,27-30H2,1-4H3. The van der Waals surface area contributed by atoms with E-state index in [-0.39, 0.29) is 42.3 Å². The highest BCUT2D eigenvalue weighted by molar-refractivity contribution is 5.78. The summed E-state index contributed by atoms with van der Waals surface area (Å²) in [7, 11) is 3.05. The molecule has 1 fully saturated rings. The first-order valence-corrected chi connectivity index (χ1v) is 20.1. The number of aliphatic hydroxyl groups is 1. The Kier molecular flexibility index (Phi) is 13.6. The van der Waals surface area contributed by atoms with Gasteiger partial charge in [-0.05, 0) is 101 Å². The van der Waals surface area contributed by atoms with E-state index >= 15 is 0 Å². The van der Waals surface area contributed by atoms with Crippen LogP contribution in [-0.2, 0) is 38.5 Å². The molecule has 0 spiro atoms. The molecule has 0 aromatic heterocycles. The maximum atomic E-state index is 14.5. The number of ether oxygens (including phenoxy) is 4. The second-order valence-electron chi connectivity index (χ2n) is 15.7. The van der Waals surface area contributed by atoms with Crippen LogP contribution >= 0.6 is 0 Å². The van der Waals surface area contributed by atoms with Crippen LogP contribution in [0.5, 0.6) is 23.0 Å². The number of hydrogen-bond acceptors (Lipinski definition) is 9. The van der Waals surface area contributed by atoms with Crippen molar-refractivity contribution < 1.29 is 43.9 Å². The molecule has 0 amide bonds. The summed E-state index contributed by atoms with van der Waals surface area (Å²) in [5.41, 5.74) is 4.85. The summed E-state index contributed by atoms with van der Waals surface area (Å²) in [5.74, 6) is -0.952. The number of phenolic OH excluding ortho intramolecular Hbond substituents is 2. The summed E-state index contributed by atoms with van der Waals surface area (Å²) in [4.78, 5) is 27.5. The number of benzene rings is 4. The van der Waals surface area contributed by atoms with Crippen LogP contribution in [0.25, 0.3) is 6.08 Å². The fraction of sp³-hybridized carbons (Fsp3) is 0.417. The molecule has 4 aromatic rings. The SMILES string of the molecule is CCCCCC(C(=O)OC1CC(c2ccc(O)c(OC)c2)CC2(C=Cc3ccccc3)Cc3cc(O)c(OC)cc3CC2C(OC(C)=O)C1)c1cccc(CO)c1. The number of carbonyl (C=O) groups excluding carboxylic acids is 2. The molecule has 302 valence electrons. The number of phenols is 2. The predicted octanol–water partition coefficient (Wildman–Crippen LogP) is 9.20. The third-order valence-electron chi connectivity index (χ3n) is 11.9. The molecule has 9 heteroatoms. The summed E-state index contributed by atoms with van der Waals surface area (Å²) in [6.45, 7) is 3.41. The second kappa shape index (κ2) is 18.8. The average Bonchev–Trinajstić information content (AvgIpc) is 3.20. The Hall–Kier alpha value is -5.28. The van der Waals surface area contributed by atoms with Crippen LogP contribution in [0.2, 0.25) is 0 Å². The zero-order chi connectivity index (χ0) is 40.5. The minimum absolute atomic E-state index is 0.0256. The molecular formula is C48H56O9. The number of hydrogen-bond donors (Lipinski definition) is 3. The zero-order valence-electron chi connectivity index (χ0n) is 33.5. The number of fused-ring (bicyclic) bond motifs is 2. The molecule has 9 nitrogen and oxygen atoms in total. The molecule has 2 aliphatic rings. The van der Waals surface area contributed by atoms with Crippen molar-refractivity contribution in [2.24, 2.45) is 11.3 Å². The molecule has 0 bridgehead atoms. The molecule has 6 unspecified atom stereocenters. The lowest BCUT2D eigenvalue weighted by atomic mass is 9.56. The molecular weight excluding hydrogens is 721 g/mol. The van der Waals surface area contributed by atoms with Crippen LogP contribution in [0.3, 0.4) is 0 Å². The van der Waals surface area contributed by atoms with Crippen molar-refractivity contribution in [1.82, 2.24) is 0 Å². The van der Waals surface area contributed by atoms with Crippen LogP contribution in [0.4, 0.5) is 0 Å². The summed E-state index contributed by atoms with van der Waals surface area (Å²) < 4.78 is 24.0. The molecule has 6 rings (SSSR count). The van der Waals surface area contributed by atoms with Crippen molar-refractivity contribution in [3.63, 3.8) is 0 Å². The topological polar surface area (TPSA) is 132 Å². The lowest BCUT2D eigenvalue weighted by molar-refractivity contribution is -0.162. The van der Waals surface area contributed by atoms with Gasteiger partial charge >= 0.3 is 11.9 Å². The minimum Gasteiger partial charge on any atom is -0.504 e. The number of carbonyl (C=O) groups is 2. The average molecular weight is 777 g/mol. The van der Waals surface area contributed by atoms with Gasteiger partial charge in [-0.15, -0.1) is 0 Å². The van der Waals surface area contributed by atoms with Gasteiger partial charge in [-0.25, -0.2) is 0 Å². The Morgan fingerprint density at radius 3 is 2.35 bits per heavy atom. The van der Waals surface area contributed by atoms with Crippen LogP contribution in [0.15, 0.2) is 91.0 Å². The predicted molar refractivity (Wildman–Crippen MR) is 219 cm³/mol. The van der Waals surface area contributed by atoms with E-state index in [0.717, 1.165) is 52.6 Å². The van der Waals surface area contributed by atoms with Crippen molar-refractivity contribution >= 4 is 18.0 Å². The van der Waals surface area contributed by atoms with Gasteiger partial charge in [0, 0.05) is 19.3 Å². The third kappa shape index (κ3) is 9.82. The number of methoxy groups -OCH3 is 2. The first kappa shape index (κ1) is 41.4. The number of rotatable bonds is 14. The van der Waals surface area contributed by atoms with Gasteiger partial charge in [-0.3, -0.25) is 9.59 Å². The first-order valence-electron chi connectivity index (χ1n) is 20.1. The van der Waals surface area contributed by atoms with E-state index in [1.165, 1.54) is 21.1 Å². The summed E-state index contributed by atoms with van der Waals surface area (Å²) >= 11 is 0. The van der Waals surface area contributed by atoms with Crippen molar-refractivity contribution in [2.75, 3.05) is 14.2 Å². The van der Waals surface area contributed by atoms with E-state index in [4.69, 9.17) is 18.9 Å². The summed E-state index contributed by atoms with van der Waals surface area (Å²) in [6, 6.07) is 26.6. The fourth-order valence-electron chi connectivity index (χ4n) is 9.09. The van der Waals surface area contributed by atoms with Crippen LogP contribution in [0, 0.1) is 11.3 Å². The van der Waals surface area contributed by atoms with Gasteiger partial charge in [-0.2, -0.15) is 0 Å². The number of aromatic hydroxyl groups is 2. The highest BCUT2D eigenvalue weighted by Crippen LogP contribution is 2.54. The van der Waals surface area contributed by atoms with Crippen LogP contribution < -0.4 is 9.47 Å². The number of allylic oxidation sites excluding steroid dienone is 1. The monoisotopic (exact) mass is 776 g/mol. The van der Waals surface area contributed by atoms with Gasteiger partial charge in [0.2, 0.25) is 0 Å². The lowest BCUT2D eigenvalue weighted by Crippen LogP contribution is -2.49. The zero-order valence-corrected chi connectivity index (χ0v) is 33.5. The number of unbranched alkanes of at least 4 members (excludes halogenated alkanes) is 2. The maximum Gasteiger partial charge on any atom is 0.313 e. The van der Waals surface area contributed by atoms with Gasteiger partial charge in [0.05, 0.1) is 26.7 Å². The summed E-state index contributed by atoms with van der Waals surface area (Å²) in [5, 5.41) is 31.5. The molecule has 6 atom stereocenters. The normalized spacial score (nSPS) is 22.3. The molecule has 0 heterocycles. The molecule has 57 heavy (non-hydrogen) atoms. The molecule has 4 aromatic carbocycles. The Bertz CT molecular complexity index is 2020. The Morgan fingerprint density at radius 1 is 0.860 bits per heavy atom. The maximum absolute atomic E-state index is 14.5. The van der Waals surface area contributed by atoms with Crippen molar-refractivity contribution in [2.45, 2.75) is 102 Å². The van der Waals surface area contributed by atoms with Gasteiger partial charge in [0.1, 0.15) is 12.2 Å². The Labute approximate surface area is 336 Å². The molecule has 0 saturated heterocycles. The highest BCUT2D eigenvalue weighted by atomic mass is 16.6. The van der Waals surface area contributed by atoms with Crippen LogP contribution in [0.1, 0.15) is 104 Å². The largest absolute Gasteiger partial charge is 0.504 e. The van der Waals surface area contributed by atoms with E-state index in [1.807, 2.05) is 72.8 Å². The molecule has 0 radical (unpaired) electrons. The number of esters is 2. The smallest absolute Gasteiger partial charge is 0.313 e. The molecule has 3 N–H and O–H groups in total. The first-order chi connectivity index (χ1) is 27.6. The van der Waals surface area contributed by atoms with E-state index in [1.54, 1.807) is 12.1 Å². The molecule has 0 aliphatic heterocycles. The quantitative estimate of drug-likeness (QED) is 0.0848. The number of aliphatic hydroxyl groups excluding tert-OH is 1. The fourth-order valence-corrected chi connectivity index (χ4v) is 9.09. The van der Waals surface area contributed by atoms with E-state index in [2.05, 4.69) is 19.1 Å². The lowest BCUT2D eigenvalue weighted by Gasteiger charge is -2.50. The minimum atomic E-state index is -0.631. The van der Waals surface area contributed by atoms with Gasteiger partial charge in [0.15, 0.2) is 23.0 Å². The van der Waals surface area contributed by atoms with Gasteiger partial charge in [-0.1, -0.05) is 99.0 Å². The van der Waals surface area contributed by atoms with E-state index in [0.29, 0.717) is 43.6 Å². The molecule has 1 saturated carbocycles. The van der Waals surface area contributed by atoms with Gasteiger partial charge < -0.3 is 34.3 Å². The van der Waals surface area contributed by atoms with Crippen molar-refractivity contribution in [3.8, 4) is 23.0 Å². The van der Waals surface area contributed by atoms with Crippen LogP contribution in [-0.4, -0.2) is 53.7 Å². The third-order valence-corrected chi connectivity index (χ3v) is 11.9. The highest BCUT2D eigenvalue weighted by Gasteiger charge is 2.50. The molecule has 2 aliphatic carbocycles. The summed E-state index contributed by atoms with van der Waals surface area (Å²) in [6.07, 6.45) is 8.86. The van der Waals surface area contributed by atoms with Gasteiger partial charge in [0.25, 0.3) is 0 Å². The van der Waals surface area contributed by atoms with Crippen molar-refractivity contribution in [1.29, 1.82) is 0 Å². The van der Waals surface area contributed by atoms with Crippen molar-refractivity contribution in [3.05, 3.63) is 124 Å². The second-order valence-corrected chi connectivity index (χ2v) is 15.7. The van der Waals surface area contributed by atoms with E-state index in [9.17, 15) is 24.9 Å². The Balaban J connectivity index is 1.48.